The van der Waals surface area contributed by atoms with Crippen LogP contribution in [0.1, 0.15) is 6.92 Å². The molecule has 1 amide bonds. The highest BCUT2D eigenvalue weighted by Gasteiger charge is 2.51. The Morgan fingerprint density at radius 3 is 2.76 bits per heavy atom. The highest BCUT2D eigenvalue weighted by atomic mass is 32.2. The van der Waals surface area contributed by atoms with Gasteiger partial charge in [-0.05, 0) is 42.0 Å². The number of fused-ring (bicyclic) bond motifs is 1. The maximum absolute atomic E-state index is 12.3. The molecular weight excluding hydrogens is 410 g/mol. The normalized spacial score (nSPS) is 19.4. The average Bonchev–Trinajstić information content (AvgIpc) is 2.69. The Balaban J connectivity index is 1.66. The molecule has 1 aliphatic heterocycles. The van der Waals surface area contributed by atoms with E-state index in [2.05, 4.69) is 6.58 Å². The second-order valence-corrected chi connectivity index (χ2v) is 8.29. The van der Waals surface area contributed by atoms with Crippen molar-refractivity contribution in [3.8, 4) is 5.75 Å². The molecule has 1 aliphatic rings. The van der Waals surface area contributed by atoms with Gasteiger partial charge in [0, 0.05) is 0 Å². The summed E-state index contributed by atoms with van der Waals surface area (Å²) in [7, 11) is 0. The number of rotatable bonds is 7. The largest absolute Gasteiger partial charge is 0.460 e. The zero-order valence-corrected chi connectivity index (χ0v) is 17.4. The van der Waals surface area contributed by atoms with E-state index in [1.165, 1.54) is 17.9 Å². The maximum Gasteiger partial charge on any atom is 0.325 e. The number of carbonyl (C=O) groups is 2. The van der Waals surface area contributed by atoms with Crippen LogP contribution in [0.4, 0.5) is 0 Å². The van der Waals surface area contributed by atoms with Crippen molar-refractivity contribution in [3.05, 3.63) is 55.1 Å². The summed E-state index contributed by atoms with van der Waals surface area (Å²) in [5, 5.41) is 11.5. The van der Waals surface area contributed by atoms with E-state index in [9.17, 15) is 14.7 Å². The Labute approximate surface area is 178 Å². The molecule has 1 fully saturated rings. The van der Waals surface area contributed by atoms with Gasteiger partial charge >= 0.3 is 5.97 Å². The van der Waals surface area contributed by atoms with Crippen LogP contribution in [0.3, 0.4) is 0 Å². The van der Waals surface area contributed by atoms with Gasteiger partial charge < -0.3 is 19.5 Å². The monoisotopic (exact) mass is 431 g/mol. The van der Waals surface area contributed by atoms with Gasteiger partial charge in [0.25, 0.3) is 0 Å². The number of thioether (sulfide) groups is 1. The van der Waals surface area contributed by atoms with Crippen LogP contribution in [0.15, 0.2) is 55.1 Å². The summed E-state index contributed by atoms with van der Waals surface area (Å²) >= 11 is 6.47. The SMILES string of the molecule is C=CCOC(=O)CN1C(=O)[C@H](C(C)O)[C@H]1SC(=S)Oc1ccc2ccccc2c1. The molecule has 1 unspecified atom stereocenters. The quantitative estimate of drug-likeness (QED) is 0.312. The fraction of sp³-hybridized carbons (Fsp3) is 0.286. The van der Waals surface area contributed by atoms with E-state index < -0.39 is 23.4 Å². The number of thiocarbonyl (C=S) groups is 1. The molecule has 8 heteroatoms. The fourth-order valence-corrected chi connectivity index (χ4v) is 4.62. The van der Waals surface area contributed by atoms with Crippen LogP contribution < -0.4 is 4.74 Å². The minimum atomic E-state index is -0.871. The minimum Gasteiger partial charge on any atom is -0.460 e. The van der Waals surface area contributed by atoms with E-state index in [1.54, 1.807) is 0 Å². The van der Waals surface area contributed by atoms with Gasteiger partial charge in [0.2, 0.25) is 10.3 Å². The van der Waals surface area contributed by atoms with Crippen molar-refractivity contribution in [3.63, 3.8) is 0 Å². The molecule has 0 aromatic heterocycles. The summed E-state index contributed by atoms with van der Waals surface area (Å²) in [6.07, 6.45) is 0.580. The molecule has 0 bridgehead atoms. The molecule has 29 heavy (non-hydrogen) atoms. The van der Waals surface area contributed by atoms with Crippen molar-refractivity contribution >= 4 is 51.0 Å². The van der Waals surface area contributed by atoms with Crippen LogP contribution in [0.2, 0.25) is 0 Å². The summed E-state index contributed by atoms with van der Waals surface area (Å²) in [6.45, 7) is 4.87. The van der Waals surface area contributed by atoms with Gasteiger partial charge in [0.1, 0.15) is 24.3 Å². The summed E-state index contributed by atoms with van der Waals surface area (Å²) in [5.74, 6) is -0.946. The Morgan fingerprint density at radius 2 is 2.07 bits per heavy atom. The number of likely N-dealkylation sites (tertiary alicyclic amines) is 1. The van der Waals surface area contributed by atoms with Crippen molar-refractivity contribution in [2.45, 2.75) is 18.4 Å². The van der Waals surface area contributed by atoms with Gasteiger partial charge in [0.15, 0.2) is 0 Å². The van der Waals surface area contributed by atoms with E-state index in [1.807, 2.05) is 42.5 Å². The first-order valence-corrected chi connectivity index (χ1v) is 10.3. The molecule has 1 saturated heterocycles. The number of ether oxygens (including phenoxy) is 2. The van der Waals surface area contributed by atoms with Gasteiger partial charge in [-0.15, -0.1) is 0 Å². The lowest BCUT2D eigenvalue weighted by atomic mass is 9.93. The van der Waals surface area contributed by atoms with Gasteiger partial charge in [-0.1, -0.05) is 54.7 Å². The number of carbonyl (C=O) groups excluding carboxylic acids is 2. The van der Waals surface area contributed by atoms with E-state index in [0.717, 1.165) is 22.5 Å². The molecule has 0 spiro atoms. The molecule has 1 N–H and O–H groups in total. The molecular formula is C21H21NO5S2. The zero-order chi connectivity index (χ0) is 21.0. The first-order chi connectivity index (χ1) is 13.9. The molecule has 1 heterocycles. The lowest BCUT2D eigenvalue weighted by molar-refractivity contribution is -0.164. The van der Waals surface area contributed by atoms with E-state index in [0.29, 0.717) is 5.75 Å². The molecule has 152 valence electrons. The van der Waals surface area contributed by atoms with Crippen molar-refractivity contribution in [1.29, 1.82) is 0 Å². The van der Waals surface area contributed by atoms with E-state index in [-0.39, 0.29) is 23.4 Å². The number of benzene rings is 2. The van der Waals surface area contributed by atoms with Crippen LogP contribution in [0.25, 0.3) is 10.8 Å². The average molecular weight is 432 g/mol. The number of esters is 1. The number of hydrogen-bond donors (Lipinski definition) is 1. The van der Waals surface area contributed by atoms with Crippen molar-refractivity contribution in [2.24, 2.45) is 5.92 Å². The van der Waals surface area contributed by atoms with Crippen LogP contribution in [-0.4, -0.2) is 50.9 Å². The Bertz CT molecular complexity index is 946. The summed E-state index contributed by atoms with van der Waals surface area (Å²) in [5.41, 5.74) is 0. The lowest BCUT2D eigenvalue weighted by Gasteiger charge is -2.46. The topological polar surface area (TPSA) is 76.1 Å². The lowest BCUT2D eigenvalue weighted by Crippen LogP contribution is -2.64. The van der Waals surface area contributed by atoms with Crippen molar-refractivity contribution < 1.29 is 24.2 Å². The van der Waals surface area contributed by atoms with Crippen LogP contribution >= 0.6 is 24.0 Å². The van der Waals surface area contributed by atoms with Crippen molar-refractivity contribution in [2.75, 3.05) is 13.2 Å². The number of nitrogens with zero attached hydrogens (tertiary/aromatic N) is 1. The first kappa shape index (κ1) is 21.3. The molecule has 0 radical (unpaired) electrons. The standard InChI is InChI=1S/C21H21NO5S2/c1-3-10-26-17(24)12-22-19(25)18(13(2)23)20(22)29-21(28)27-16-9-8-14-6-4-5-7-15(14)11-16/h3-9,11,13,18,20,23H,1,10,12H2,2H3/t13?,18-,20+/m0/s1. The summed E-state index contributed by atoms with van der Waals surface area (Å²) in [4.78, 5) is 25.6. The predicted molar refractivity (Wildman–Crippen MR) is 117 cm³/mol. The number of aliphatic hydroxyl groups is 1. The zero-order valence-electron chi connectivity index (χ0n) is 15.8. The second kappa shape index (κ2) is 9.39. The third-order valence-corrected chi connectivity index (χ3v) is 5.94. The van der Waals surface area contributed by atoms with Crippen LogP contribution in [0, 0.1) is 5.92 Å². The first-order valence-electron chi connectivity index (χ1n) is 9.03. The third kappa shape index (κ3) is 4.95. The highest BCUT2D eigenvalue weighted by molar-refractivity contribution is 8.23. The minimum absolute atomic E-state index is 0.0714. The molecule has 3 atom stereocenters. The van der Waals surface area contributed by atoms with Crippen LogP contribution in [-0.2, 0) is 14.3 Å². The van der Waals surface area contributed by atoms with Crippen LogP contribution in [0.5, 0.6) is 5.75 Å². The number of β-lactam (4-membered cyclic amide) rings is 1. The Kier molecular flexibility index (Phi) is 6.89. The molecule has 0 aliphatic carbocycles. The summed E-state index contributed by atoms with van der Waals surface area (Å²) in [6, 6.07) is 13.5. The number of amides is 1. The fourth-order valence-electron chi connectivity index (χ4n) is 3.09. The number of hydrogen-bond acceptors (Lipinski definition) is 7. The molecule has 2 aromatic carbocycles. The number of aliphatic hydroxyl groups excluding tert-OH is 1. The second-order valence-electron chi connectivity index (χ2n) is 6.57. The van der Waals surface area contributed by atoms with Gasteiger partial charge in [-0.2, -0.15) is 0 Å². The molecule has 0 saturated carbocycles. The Morgan fingerprint density at radius 1 is 1.34 bits per heavy atom. The van der Waals surface area contributed by atoms with E-state index in [4.69, 9.17) is 21.7 Å². The van der Waals surface area contributed by atoms with Crippen molar-refractivity contribution in [1.82, 2.24) is 4.90 Å². The van der Waals surface area contributed by atoms with Gasteiger partial charge in [-0.3, -0.25) is 9.59 Å². The molecule has 3 rings (SSSR count). The molecule has 2 aromatic rings. The maximum atomic E-state index is 12.3. The smallest absolute Gasteiger partial charge is 0.325 e. The Hall–Kier alpha value is -2.42. The highest BCUT2D eigenvalue weighted by Crippen LogP contribution is 2.38. The third-order valence-electron chi connectivity index (χ3n) is 4.50. The van der Waals surface area contributed by atoms with Gasteiger partial charge in [-0.25, -0.2) is 0 Å². The predicted octanol–water partition coefficient (Wildman–Crippen LogP) is 3.13. The summed E-state index contributed by atoms with van der Waals surface area (Å²) < 4.78 is 10.9. The van der Waals surface area contributed by atoms with Gasteiger partial charge in [0.05, 0.1) is 12.0 Å². The molecule has 6 nitrogen and oxygen atoms in total. The van der Waals surface area contributed by atoms with E-state index >= 15 is 0 Å².